The number of hydrogen-bond donors (Lipinski definition) is 0. The van der Waals surface area contributed by atoms with Gasteiger partial charge >= 0.3 is 11.9 Å². The van der Waals surface area contributed by atoms with Crippen molar-refractivity contribution >= 4 is 40.8 Å². The molecule has 0 fully saturated rings. The van der Waals surface area contributed by atoms with Gasteiger partial charge in [-0.05, 0) is 55.0 Å². The van der Waals surface area contributed by atoms with Gasteiger partial charge in [-0.15, -0.1) is 0 Å². The summed E-state index contributed by atoms with van der Waals surface area (Å²) in [6.07, 6.45) is -3.31. The fourth-order valence-corrected chi connectivity index (χ4v) is 2.92. The highest BCUT2D eigenvalue weighted by Gasteiger charge is 2.33. The summed E-state index contributed by atoms with van der Waals surface area (Å²) in [6, 6.07) is 11.6. The number of rotatable bonds is 5. The number of benzene rings is 3. The fourth-order valence-electron chi connectivity index (χ4n) is 2.56. The minimum atomic E-state index is -4.73. The first-order valence-corrected chi connectivity index (χ1v) is 9.43. The highest BCUT2D eigenvalue weighted by Crippen LogP contribution is 2.38. The van der Waals surface area contributed by atoms with E-state index in [4.69, 9.17) is 27.9 Å². The lowest BCUT2D eigenvalue weighted by atomic mass is 10.1. The maximum absolute atomic E-state index is 12.9. The molecule has 0 spiro atoms. The van der Waals surface area contributed by atoms with Crippen molar-refractivity contribution in [1.82, 2.24) is 0 Å². The number of hydrogen-bond acceptors (Lipinski definition) is 4. The molecule has 0 heterocycles. The van der Waals surface area contributed by atoms with Crippen molar-refractivity contribution in [3.8, 4) is 11.5 Å². The molecule has 0 aliphatic heterocycles. The summed E-state index contributed by atoms with van der Waals surface area (Å²) in [4.78, 5) is 14.7. The predicted molar refractivity (Wildman–Crippen MR) is 113 cm³/mol. The molecule has 0 unspecified atom stereocenters. The van der Waals surface area contributed by atoms with E-state index < -0.39 is 22.4 Å². The van der Waals surface area contributed by atoms with Crippen LogP contribution in [-0.2, 0) is 6.18 Å². The quantitative estimate of drug-likeness (QED) is 0.218. The molecule has 0 aromatic heterocycles. The smallest absolute Gasteiger partial charge is 0.416 e. The molecule has 0 bridgehead atoms. The number of nitrogens with zero attached hydrogens (tertiary/aromatic N) is 2. The highest BCUT2D eigenvalue weighted by atomic mass is 35.5. The topological polar surface area (TPSA) is 64.7 Å². The zero-order valence-corrected chi connectivity index (χ0v) is 17.3. The molecule has 10 heteroatoms. The molecular formula is C21H13Cl2F3N2O3. The Morgan fingerprint density at radius 2 is 1.74 bits per heavy atom. The van der Waals surface area contributed by atoms with Gasteiger partial charge in [-0.25, -0.2) is 0 Å². The second-order valence-electron chi connectivity index (χ2n) is 6.41. The lowest BCUT2D eigenvalue weighted by molar-refractivity contribution is -0.385. The number of aryl methyl sites for hydroxylation is 1. The van der Waals surface area contributed by atoms with E-state index in [9.17, 15) is 23.3 Å². The van der Waals surface area contributed by atoms with Crippen LogP contribution in [0.5, 0.6) is 11.5 Å². The highest BCUT2D eigenvalue weighted by molar-refractivity contribution is 6.31. The maximum Gasteiger partial charge on any atom is 0.416 e. The lowest BCUT2D eigenvalue weighted by Crippen LogP contribution is -2.06. The van der Waals surface area contributed by atoms with E-state index in [1.165, 1.54) is 24.4 Å². The molecule has 0 radical (unpaired) electrons. The molecule has 3 aromatic carbocycles. The summed E-state index contributed by atoms with van der Waals surface area (Å²) in [6.45, 7) is 1.84. The van der Waals surface area contributed by atoms with Gasteiger partial charge in [-0.3, -0.25) is 15.1 Å². The number of ether oxygens (including phenoxy) is 1. The van der Waals surface area contributed by atoms with Gasteiger partial charge in [-0.2, -0.15) is 13.2 Å². The first kappa shape index (κ1) is 22.6. The molecule has 0 amide bonds. The van der Waals surface area contributed by atoms with Gasteiger partial charge in [0, 0.05) is 27.9 Å². The Kier molecular flexibility index (Phi) is 6.52. The fraction of sp³-hybridized carbons (Fsp3) is 0.0952. The summed E-state index contributed by atoms with van der Waals surface area (Å²) < 4.78 is 44.3. The SMILES string of the molecule is Cc1ccc(N=Cc2cc(Cl)ccc2Oc2ccc(C(F)(F)F)cc2[N+](=O)[O-])cc1Cl. The maximum atomic E-state index is 12.9. The van der Waals surface area contributed by atoms with Crippen LogP contribution in [0.25, 0.3) is 0 Å². The number of aliphatic imine (C=N–C) groups is 1. The molecule has 3 aromatic rings. The van der Waals surface area contributed by atoms with Crippen LogP contribution in [0.3, 0.4) is 0 Å². The number of halogens is 5. The van der Waals surface area contributed by atoms with Gasteiger partial charge in [0.2, 0.25) is 5.75 Å². The van der Waals surface area contributed by atoms with Crippen molar-refractivity contribution in [2.24, 2.45) is 4.99 Å². The molecule has 0 N–H and O–H groups in total. The van der Waals surface area contributed by atoms with Crippen molar-refractivity contribution in [3.05, 3.63) is 91.4 Å². The Labute approximate surface area is 184 Å². The van der Waals surface area contributed by atoms with Crippen molar-refractivity contribution in [2.75, 3.05) is 0 Å². The van der Waals surface area contributed by atoms with Crippen LogP contribution in [0.1, 0.15) is 16.7 Å². The number of alkyl halides is 3. The van der Waals surface area contributed by atoms with E-state index in [0.29, 0.717) is 33.4 Å². The zero-order valence-electron chi connectivity index (χ0n) is 15.8. The van der Waals surface area contributed by atoms with E-state index in [2.05, 4.69) is 4.99 Å². The van der Waals surface area contributed by atoms with Gasteiger partial charge < -0.3 is 4.74 Å². The minimum Gasteiger partial charge on any atom is -0.449 e. The Hall–Kier alpha value is -3.10. The van der Waals surface area contributed by atoms with Crippen molar-refractivity contribution in [1.29, 1.82) is 0 Å². The van der Waals surface area contributed by atoms with Gasteiger partial charge in [0.25, 0.3) is 0 Å². The van der Waals surface area contributed by atoms with E-state index in [1.807, 2.05) is 6.92 Å². The molecular weight excluding hydrogens is 456 g/mol. The molecule has 0 aliphatic rings. The monoisotopic (exact) mass is 468 g/mol. The summed E-state index contributed by atoms with van der Waals surface area (Å²) in [5.41, 5.74) is -0.193. The number of nitro benzene ring substituents is 1. The molecule has 3 rings (SSSR count). The average Bonchev–Trinajstić information content (AvgIpc) is 2.69. The minimum absolute atomic E-state index is 0.120. The first-order chi connectivity index (χ1) is 14.5. The van der Waals surface area contributed by atoms with E-state index >= 15 is 0 Å². The first-order valence-electron chi connectivity index (χ1n) is 8.68. The Bertz CT molecular complexity index is 1180. The van der Waals surface area contributed by atoms with E-state index in [-0.39, 0.29) is 11.5 Å². The lowest BCUT2D eigenvalue weighted by Gasteiger charge is -2.11. The third-order valence-corrected chi connectivity index (χ3v) is 4.83. The number of nitro groups is 1. The van der Waals surface area contributed by atoms with Crippen LogP contribution < -0.4 is 4.74 Å². The van der Waals surface area contributed by atoms with Crippen LogP contribution >= 0.6 is 23.2 Å². The second-order valence-corrected chi connectivity index (χ2v) is 7.26. The van der Waals surface area contributed by atoms with E-state index in [0.717, 1.165) is 11.6 Å². The average molecular weight is 469 g/mol. The third-order valence-electron chi connectivity index (χ3n) is 4.18. The molecule has 5 nitrogen and oxygen atoms in total. The van der Waals surface area contributed by atoms with Crippen molar-refractivity contribution in [3.63, 3.8) is 0 Å². The Morgan fingerprint density at radius 1 is 1.03 bits per heavy atom. The van der Waals surface area contributed by atoms with Crippen LogP contribution in [0, 0.1) is 17.0 Å². The van der Waals surface area contributed by atoms with E-state index in [1.54, 1.807) is 18.2 Å². The molecule has 0 saturated carbocycles. The standard InChI is InChI=1S/C21H13Cl2F3N2O3/c1-12-2-5-16(10-17(12)23)27-11-13-8-15(22)4-7-19(13)31-20-6-3-14(21(24,25)26)9-18(20)28(29)30/h2-11H,1H3. The Morgan fingerprint density at radius 3 is 2.39 bits per heavy atom. The molecule has 0 atom stereocenters. The summed E-state index contributed by atoms with van der Waals surface area (Å²) in [5, 5.41) is 12.2. The van der Waals surface area contributed by atoms with Gasteiger partial charge in [0.15, 0.2) is 0 Å². The molecule has 31 heavy (non-hydrogen) atoms. The van der Waals surface area contributed by atoms with Crippen LogP contribution in [-0.4, -0.2) is 11.1 Å². The van der Waals surface area contributed by atoms with Crippen molar-refractivity contribution < 1.29 is 22.8 Å². The Balaban J connectivity index is 1.98. The van der Waals surface area contributed by atoms with Gasteiger partial charge in [-0.1, -0.05) is 29.3 Å². The third kappa shape index (κ3) is 5.53. The van der Waals surface area contributed by atoms with Crippen molar-refractivity contribution in [2.45, 2.75) is 13.1 Å². The van der Waals surface area contributed by atoms with Crippen LogP contribution in [0.2, 0.25) is 10.0 Å². The summed E-state index contributed by atoms with van der Waals surface area (Å²) in [7, 11) is 0. The summed E-state index contributed by atoms with van der Waals surface area (Å²) >= 11 is 12.1. The predicted octanol–water partition coefficient (Wildman–Crippen LogP) is 7.77. The largest absolute Gasteiger partial charge is 0.449 e. The molecule has 0 aliphatic carbocycles. The zero-order chi connectivity index (χ0) is 22.8. The van der Waals surface area contributed by atoms with Crippen LogP contribution in [0.15, 0.2) is 59.6 Å². The second kappa shape index (κ2) is 8.95. The van der Waals surface area contributed by atoms with Gasteiger partial charge in [0.05, 0.1) is 16.2 Å². The normalized spacial score (nSPS) is 11.7. The molecule has 0 saturated heterocycles. The summed E-state index contributed by atoms with van der Waals surface area (Å²) in [5.74, 6) is -0.234. The molecule has 160 valence electrons. The van der Waals surface area contributed by atoms with Crippen LogP contribution in [0.4, 0.5) is 24.5 Å². The van der Waals surface area contributed by atoms with Gasteiger partial charge in [0.1, 0.15) is 5.75 Å².